The van der Waals surface area contributed by atoms with Crippen molar-refractivity contribution < 1.29 is 14.5 Å². The molecule has 0 aliphatic carbocycles. The normalized spacial score (nSPS) is 13.1. The van der Waals surface area contributed by atoms with Crippen LogP contribution in [-0.4, -0.2) is 26.6 Å². The minimum Gasteiger partial charge on any atom is -0.269 e. The quantitative estimate of drug-likeness (QED) is 0.373. The first kappa shape index (κ1) is 17.3. The summed E-state index contributed by atoms with van der Waals surface area (Å²) in [5, 5.41) is 14.0. The fraction of sp³-hybridized carbons (Fsp3) is 0.0556. The van der Waals surface area contributed by atoms with E-state index in [1.165, 1.54) is 23.5 Å². The predicted octanol–water partition coefficient (Wildman–Crippen LogP) is 4.17. The van der Waals surface area contributed by atoms with Crippen molar-refractivity contribution in [2.75, 3.05) is 0 Å². The number of aromatic nitrogens is 1. The van der Waals surface area contributed by atoms with Crippen LogP contribution in [0.2, 0.25) is 5.02 Å². The highest BCUT2D eigenvalue weighted by Crippen LogP contribution is 2.30. The highest BCUT2D eigenvalue weighted by atomic mass is 35.5. The van der Waals surface area contributed by atoms with Crippen molar-refractivity contribution in [1.29, 1.82) is 0 Å². The summed E-state index contributed by atoms with van der Waals surface area (Å²) >= 11 is 7.28. The molecule has 1 aliphatic rings. The molecule has 7 nitrogen and oxygen atoms in total. The Bertz CT molecular complexity index is 1090. The average Bonchev–Trinajstić information content (AvgIpc) is 3.21. The van der Waals surface area contributed by atoms with Crippen molar-refractivity contribution in [3.63, 3.8) is 0 Å². The molecule has 1 aliphatic heterocycles. The molecule has 1 aromatic heterocycles. The van der Waals surface area contributed by atoms with E-state index in [0.717, 1.165) is 21.5 Å². The first-order valence-corrected chi connectivity index (χ1v) is 9.05. The van der Waals surface area contributed by atoms with Gasteiger partial charge in [0, 0.05) is 28.1 Å². The Morgan fingerprint density at radius 3 is 2.48 bits per heavy atom. The van der Waals surface area contributed by atoms with Crippen molar-refractivity contribution in [2.45, 2.75) is 6.54 Å². The van der Waals surface area contributed by atoms with E-state index < -0.39 is 16.7 Å². The molecule has 3 aromatic rings. The number of fused-ring (bicyclic) bond motifs is 1. The molecule has 4 rings (SSSR count). The van der Waals surface area contributed by atoms with Gasteiger partial charge >= 0.3 is 0 Å². The molecule has 0 saturated carbocycles. The number of carbonyl (C=O) groups is 2. The molecule has 0 fully saturated rings. The van der Waals surface area contributed by atoms with Gasteiger partial charge in [-0.2, -0.15) is 0 Å². The van der Waals surface area contributed by atoms with Gasteiger partial charge in [0.2, 0.25) is 0 Å². The number of amides is 2. The van der Waals surface area contributed by atoms with E-state index in [4.69, 9.17) is 11.6 Å². The lowest BCUT2D eigenvalue weighted by Gasteiger charge is -2.11. The summed E-state index contributed by atoms with van der Waals surface area (Å²) < 4.78 is 0. The molecule has 0 spiro atoms. The molecule has 2 amide bonds. The largest absolute Gasteiger partial charge is 0.270 e. The fourth-order valence-electron chi connectivity index (χ4n) is 2.80. The van der Waals surface area contributed by atoms with Gasteiger partial charge in [-0.3, -0.25) is 24.6 Å². The fourth-order valence-corrected chi connectivity index (χ4v) is 3.75. The number of benzene rings is 2. The van der Waals surface area contributed by atoms with Crippen LogP contribution in [0.15, 0.2) is 47.8 Å². The van der Waals surface area contributed by atoms with Crippen LogP contribution in [0.1, 0.15) is 26.4 Å². The molecule has 9 heteroatoms. The zero-order valence-corrected chi connectivity index (χ0v) is 15.2. The van der Waals surface area contributed by atoms with E-state index in [2.05, 4.69) is 4.98 Å². The lowest BCUT2D eigenvalue weighted by molar-refractivity contribution is -0.384. The van der Waals surface area contributed by atoms with E-state index in [1.807, 2.05) is 12.1 Å². The summed E-state index contributed by atoms with van der Waals surface area (Å²) in [5.74, 6) is -1.04. The molecule has 0 N–H and O–H groups in total. The zero-order chi connectivity index (χ0) is 19.1. The van der Waals surface area contributed by atoms with Crippen molar-refractivity contribution in [3.8, 4) is 10.6 Å². The summed E-state index contributed by atoms with van der Waals surface area (Å²) in [6, 6.07) is 10.9. The maximum atomic E-state index is 12.5. The summed E-state index contributed by atoms with van der Waals surface area (Å²) in [4.78, 5) is 40.9. The van der Waals surface area contributed by atoms with Crippen LogP contribution < -0.4 is 0 Å². The predicted molar refractivity (Wildman–Crippen MR) is 99.9 cm³/mol. The van der Waals surface area contributed by atoms with Gasteiger partial charge in [0.25, 0.3) is 17.5 Å². The number of imide groups is 1. The number of nitro benzene ring substituents is 1. The number of halogens is 1. The number of non-ortho nitro benzene ring substituents is 1. The van der Waals surface area contributed by atoms with Crippen molar-refractivity contribution in [3.05, 3.63) is 79.8 Å². The van der Waals surface area contributed by atoms with E-state index in [1.54, 1.807) is 17.5 Å². The van der Waals surface area contributed by atoms with Gasteiger partial charge in [-0.05, 0) is 18.2 Å². The van der Waals surface area contributed by atoms with Crippen molar-refractivity contribution >= 4 is 40.4 Å². The molecule has 0 saturated heterocycles. The number of rotatable bonds is 4. The van der Waals surface area contributed by atoms with Crippen LogP contribution >= 0.6 is 22.9 Å². The Morgan fingerprint density at radius 2 is 1.78 bits per heavy atom. The van der Waals surface area contributed by atoms with E-state index in [0.29, 0.717) is 10.7 Å². The summed E-state index contributed by atoms with van der Waals surface area (Å²) in [6.45, 7) is 0.00420. The molecular formula is C18H10ClN3O4S. The van der Waals surface area contributed by atoms with Crippen molar-refractivity contribution in [1.82, 2.24) is 9.88 Å². The number of nitro groups is 1. The summed E-state index contributed by atoms with van der Waals surface area (Å²) in [7, 11) is 0. The number of thiazole rings is 1. The smallest absolute Gasteiger partial charge is 0.269 e. The number of nitrogens with zero attached hydrogens (tertiary/aromatic N) is 3. The number of hydrogen-bond acceptors (Lipinski definition) is 6. The lowest BCUT2D eigenvalue weighted by atomic mass is 10.1. The second-order valence-corrected chi connectivity index (χ2v) is 7.13. The van der Waals surface area contributed by atoms with Gasteiger partial charge in [0.05, 0.1) is 28.3 Å². The summed E-state index contributed by atoms with van der Waals surface area (Å²) in [6.07, 6.45) is 0. The van der Waals surface area contributed by atoms with E-state index in [9.17, 15) is 19.7 Å². The van der Waals surface area contributed by atoms with Gasteiger partial charge in [-0.1, -0.05) is 23.7 Å². The molecule has 27 heavy (non-hydrogen) atoms. The Balaban J connectivity index is 1.58. The second kappa shape index (κ2) is 6.57. The standard InChI is InChI=1S/C18H10ClN3O4S/c19-11-3-1-10(2-4-11)16-20-12(9-27-16)8-21-17(23)14-6-5-13(22(25)26)7-15(14)18(21)24/h1-7,9H,8H2. The first-order chi connectivity index (χ1) is 12.9. The molecule has 2 aromatic carbocycles. The van der Waals surface area contributed by atoms with Crippen LogP contribution in [0.4, 0.5) is 5.69 Å². The van der Waals surface area contributed by atoms with Gasteiger partial charge in [0.1, 0.15) is 5.01 Å². The Morgan fingerprint density at radius 1 is 1.07 bits per heavy atom. The molecular weight excluding hydrogens is 390 g/mol. The van der Waals surface area contributed by atoms with E-state index in [-0.39, 0.29) is 23.4 Å². The first-order valence-electron chi connectivity index (χ1n) is 7.79. The molecule has 0 bridgehead atoms. The van der Waals surface area contributed by atoms with Crippen LogP contribution in [-0.2, 0) is 6.54 Å². The highest BCUT2D eigenvalue weighted by molar-refractivity contribution is 7.13. The maximum absolute atomic E-state index is 12.5. The Labute approximate surface area is 162 Å². The molecule has 2 heterocycles. The van der Waals surface area contributed by atoms with E-state index >= 15 is 0 Å². The molecule has 0 atom stereocenters. The number of hydrogen-bond donors (Lipinski definition) is 0. The lowest BCUT2D eigenvalue weighted by Crippen LogP contribution is -2.29. The second-order valence-electron chi connectivity index (χ2n) is 5.83. The van der Waals surface area contributed by atoms with Gasteiger partial charge in [-0.15, -0.1) is 11.3 Å². The Hall–Kier alpha value is -3.10. The molecule has 134 valence electrons. The molecule has 0 unspecified atom stereocenters. The topological polar surface area (TPSA) is 93.4 Å². The SMILES string of the molecule is O=C1c2ccc([N+](=O)[O-])cc2C(=O)N1Cc1csc(-c2ccc(Cl)cc2)n1. The Kier molecular flexibility index (Phi) is 4.21. The van der Waals surface area contributed by atoms with Gasteiger partial charge in [-0.25, -0.2) is 4.98 Å². The molecule has 0 radical (unpaired) electrons. The van der Waals surface area contributed by atoms with Crippen LogP contribution in [0.3, 0.4) is 0 Å². The average molecular weight is 400 g/mol. The van der Waals surface area contributed by atoms with Crippen molar-refractivity contribution in [2.24, 2.45) is 0 Å². The third-order valence-corrected chi connectivity index (χ3v) is 5.32. The van der Waals surface area contributed by atoms with Crippen LogP contribution in [0, 0.1) is 10.1 Å². The minimum atomic E-state index is -0.598. The third-order valence-electron chi connectivity index (χ3n) is 4.13. The number of carbonyl (C=O) groups excluding carboxylic acids is 2. The van der Waals surface area contributed by atoms with Crippen LogP contribution in [0.5, 0.6) is 0 Å². The van der Waals surface area contributed by atoms with Gasteiger partial charge < -0.3 is 0 Å². The third kappa shape index (κ3) is 3.09. The maximum Gasteiger partial charge on any atom is 0.270 e. The minimum absolute atomic E-state index is 0.00420. The highest BCUT2D eigenvalue weighted by Gasteiger charge is 2.37. The monoisotopic (exact) mass is 399 g/mol. The zero-order valence-electron chi connectivity index (χ0n) is 13.6. The van der Waals surface area contributed by atoms with Crippen LogP contribution in [0.25, 0.3) is 10.6 Å². The van der Waals surface area contributed by atoms with Gasteiger partial charge in [0.15, 0.2) is 0 Å². The summed E-state index contributed by atoms with van der Waals surface area (Å²) in [5.41, 5.74) is 1.43.